The van der Waals surface area contributed by atoms with Gasteiger partial charge in [0.25, 0.3) is 0 Å². The average molecular weight is 232 g/mol. The number of hydrogen-bond acceptors (Lipinski definition) is 2. The van der Waals surface area contributed by atoms with Crippen molar-refractivity contribution in [2.45, 2.75) is 45.7 Å². The van der Waals surface area contributed by atoms with Gasteiger partial charge in [0.05, 0.1) is 0 Å². The molecule has 1 aromatic rings. The van der Waals surface area contributed by atoms with E-state index in [9.17, 15) is 0 Å². The van der Waals surface area contributed by atoms with Gasteiger partial charge in [-0.2, -0.15) is 0 Å². The lowest BCUT2D eigenvalue weighted by Gasteiger charge is -2.40. The van der Waals surface area contributed by atoms with E-state index < -0.39 is 0 Å². The highest BCUT2D eigenvalue weighted by Crippen LogP contribution is 2.21. The molecule has 1 aliphatic rings. The molecule has 1 aromatic carbocycles. The molecule has 17 heavy (non-hydrogen) atoms. The van der Waals surface area contributed by atoms with E-state index in [-0.39, 0.29) is 0 Å². The summed E-state index contributed by atoms with van der Waals surface area (Å²) in [5.74, 6) is 0. The van der Waals surface area contributed by atoms with E-state index in [1.807, 2.05) is 0 Å². The lowest BCUT2D eigenvalue weighted by atomic mass is 10.1. The zero-order chi connectivity index (χ0) is 12.3. The summed E-state index contributed by atoms with van der Waals surface area (Å²) in [5, 5.41) is 3.60. The number of nitrogens with one attached hydrogen (secondary N) is 1. The Kier molecular flexibility index (Phi) is 4.06. The van der Waals surface area contributed by atoms with Crippen LogP contribution in [0.5, 0.6) is 0 Å². The zero-order valence-electron chi connectivity index (χ0n) is 11.2. The van der Waals surface area contributed by atoms with Gasteiger partial charge in [-0.05, 0) is 37.5 Å². The third kappa shape index (κ3) is 2.81. The quantitative estimate of drug-likeness (QED) is 0.862. The Balaban J connectivity index is 2.12. The third-order valence-corrected chi connectivity index (χ3v) is 3.82. The van der Waals surface area contributed by atoms with Gasteiger partial charge in [0.1, 0.15) is 0 Å². The second kappa shape index (κ2) is 5.54. The Morgan fingerprint density at radius 2 is 1.94 bits per heavy atom. The highest BCUT2D eigenvalue weighted by molar-refractivity contribution is 5.49. The largest absolute Gasteiger partial charge is 0.366 e. The second-order valence-electron chi connectivity index (χ2n) is 5.03. The van der Waals surface area contributed by atoms with Crippen LogP contribution in [-0.2, 0) is 6.42 Å². The molecule has 0 aliphatic carbocycles. The number of aryl methyl sites for hydroxylation is 1. The molecule has 0 saturated carbocycles. The van der Waals surface area contributed by atoms with Crippen molar-refractivity contribution in [1.29, 1.82) is 0 Å². The Labute approximate surface area is 105 Å². The van der Waals surface area contributed by atoms with Crippen molar-refractivity contribution < 1.29 is 0 Å². The van der Waals surface area contributed by atoms with Crippen LogP contribution < -0.4 is 10.2 Å². The molecule has 2 atom stereocenters. The normalized spacial score (nSPS) is 25.0. The molecule has 2 heteroatoms. The Morgan fingerprint density at radius 1 is 1.24 bits per heavy atom. The van der Waals surface area contributed by atoms with Gasteiger partial charge in [0, 0.05) is 30.9 Å². The fraction of sp³-hybridized carbons (Fsp3) is 0.600. The summed E-state index contributed by atoms with van der Waals surface area (Å²) in [6.07, 6.45) is 2.32. The molecule has 2 nitrogen and oxygen atoms in total. The van der Waals surface area contributed by atoms with E-state index in [1.165, 1.54) is 17.7 Å². The van der Waals surface area contributed by atoms with Crippen molar-refractivity contribution in [2.75, 3.05) is 18.0 Å². The Morgan fingerprint density at radius 3 is 2.53 bits per heavy atom. The summed E-state index contributed by atoms with van der Waals surface area (Å²) in [6.45, 7) is 8.98. The van der Waals surface area contributed by atoms with Crippen molar-refractivity contribution in [3.8, 4) is 0 Å². The van der Waals surface area contributed by atoms with Crippen LogP contribution in [0.1, 0.15) is 32.8 Å². The number of anilines is 1. The van der Waals surface area contributed by atoms with E-state index in [0.717, 1.165) is 19.5 Å². The fourth-order valence-electron chi connectivity index (χ4n) is 2.49. The predicted octanol–water partition coefficient (Wildman–Crippen LogP) is 2.83. The summed E-state index contributed by atoms with van der Waals surface area (Å²) in [4.78, 5) is 2.53. The second-order valence-corrected chi connectivity index (χ2v) is 5.03. The highest BCUT2D eigenvalue weighted by atomic mass is 15.2. The molecule has 0 bridgehead atoms. The van der Waals surface area contributed by atoms with E-state index in [4.69, 9.17) is 0 Å². The van der Waals surface area contributed by atoms with Crippen LogP contribution in [0.25, 0.3) is 0 Å². The molecule has 1 saturated heterocycles. The summed E-state index contributed by atoms with van der Waals surface area (Å²) < 4.78 is 0. The van der Waals surface area contributed by atoms with Crippen molar-refractivity contribution in [1.82, 2.24) is 5.32 Å². The lowest BCUT2D eigenvalue weighted by molar-refractivity contribution is 0.397. The molecule has 0 radical (unpaired) electrons. The molecule has 94 valence electrons. The van der Waals surface area contributed by atoms with E-state index in [0.29, 0.717) is 12.1 Å². The standard InChI is InChI=1S/C15H24N2/c1-4-13-6-8-15(9-7-13)17-11-14(5-2)16-10-12(17)3/h6-9,12,14,16H,4-5,10-11H2,1-3H3. The van der Waals surface area contributed by atoms with E-state index in [1.54, 1.807) is 0 Å². The first kappa shape index (κ1) is 12.4. The number of rotatable bonds is 3. The molecule has 1 N–H and O–H groups in total. The van der Waals surface area contributed by atoms with Crippen LogP contribution in [0.2, 0.25) is 0 Å². The summed E-state index contributed by atoms with van der Waals surface area (Å²) in [6, 6.07) is 10.3. The topological polar surface area (TPSA) is 15.3 Å². The minimum Gasteiger partial charge on any atom is -0.366 e. The summed E-state index contributed by atoms with van der Waals surface area (Å²) in [5.41, 5.74) is 2.79. The smallest absolute Gasteiger partial charge is 0.0387 e. The number of piperazine rings is 1. The first-order valence-corrected chi connectivity index (χ1v) is 6.83. The monoisotopic (exact) mass is 232 g/mol. The molecule has 0 aromatic heterocycles. The molecular weight excluding hydrogens is 208 g/mol. The minimum absolute atomic E-state index is 0.588. The number of nitrogens with zero attached hydrogens (tertiary/aromatic N) is 1. The Bertz CT molecular complexity index is 344. The highest BCUT2D eigenvalue weighted by Gasteiger charge is 2.23. The van der Waals surface area contributed by atoms with Gasteiger partial charge in [-0.1, -0.05) is 26.0 Å². The van der Waals surface area contributed by atoms with Crippen molar-refractivity contribution >= 4 is 5.69 Å². The minimum atomic E-state index is 0.588. The van der Waals surface area contributed by atoms with Crippen LogP contribution in [0.15, 0.2) is 24.3 Å². The molecule has 2 rings (SSSR count). The van der Waals surface area contributed by atoms with E-state index in [2.05, 4.69) is 55.3 Å². The Hall–Kier alpha value is -1.02. The van der Waals surface area contributed by atoms with Crippen molar-refractivity contribution in [2.24, 2.45) is 0 Å². The lowest BCUT2D eigenvalue weighted by Crippen LogP contribution is -2.55. The fourth-order valence-corrected chi connectivity index (χ4v) is 2.49. The van der Waals surface area contributed by atoms with Crippen LogP contribution in [-0.4, -0.2) is 25.2 Å². The molecule has 0 amide bonds. The van der Waals surface area contributed by atoms with Crippen LogP contribution in [0, 0.1) is 0 Å². The maximum Gasteiger partial charge on any atom is 0.0387 e. The van der Waals surface area contributed by atoms with E-state index >= 15 is 0 Å². The summed E-state index contributed by atoms with van der Waals surface area (Å²) >= 11 is 0. The molecule has 1 heterocycles. The van der Waals surface area contributed by atoms with Gasteiger partial charge in [-0.15, -0.1) is 0 Å². The van der Waals surface area contributed by atoms with Crippen molar-refractivity contribution in [3.63, 3.8) is 0 Å². The van der Waals surface area contributed by atoms with Gasteiger partial charge in [0.2, 0.25) is 0 Å². The van der Waals surface area contributed by atoms with Gasteiger partial charge in [0.15, 0.2) is 0 Å². The van der Waals surface area contributed by atoms with Crippen LogP contribution in [0.3, 0.4) is 0 Å². The molecule has 2 unspecified atom stereocenters. The maximum atomic E-state index is 3.60. The summed E-state index contributed by atoms with van der Waals surface area (Å²) in [7, 11) is 0. The third-order valence-electron chi connectivity index (χ3n) is 3.82. The SMILES string of the molecule is CCc1ccc(N2CC(CC)NCC2C)cc1. The predicted molar refractivity (Wildman–Crippen MR) is 74.7 cm³/mol. The molecule has 0 spiro atoms. The maximum absolute atomic E-state index is 3.60. The molecule has 1 fully saturated rings. The average Bonchev–Trinajstić information content (AvgIpc) is 2.39. The van der Waals surface area contributed by atoms with Gasteiger partial charge < -0.3 is 10.2 Å². The van der Waals surface area contributed by atoms with Crippen LogP contribution >= 0.6 is 0 Å². The first-order valence-electron chi connectivity index (χ1n) is 6.83. The van der Waals surface area contributed by atoms with Gasteiger partial charge in [-0.3, -0.25) is 0 Å². The number of hydrogen-bond donors (Lipinski definition) is 1. The van der Waals surface area contributed by atoms with Gasteiger partial charge in [-0.25, -0.2) is 0 Å². The van der Waals surface area contributed by atoms with Gasteiger partial charge >= 0.3 is 0 Å². The molecule has 1 aliphatic heterocycles. The number of benzene rings is 1. The van der Waals surface area contributed by atoms with Crippen molar-refractivity contribution in [3.05, 3.63) is 29.8 Å². The zero-order valence-corrected chi connectivity index (χ0v) is 11.2. The van der Waals surface area contributed by atoms with Crippen LogP contribution in [0.4, 0.5) is 5.69 Å². The molecular formula is C15H24N2. The first-order chi connectivity index (χ1) is 8.24.